The highest BCUT2D eigenvalue weighted by Gasteiger charge is 2.13. The smallest absolute Gasteiger partial charge is 0.239 e. The molecule has 1 rings (SSSR count). The van der Waals surface area contributed by atoms with Gasteiger partial charge in [0.25, 0.3) is 0 Å². The molecular formula is C16H24N2O5. The average Bonchev–Trinajstić information content (AvgIpc) is 2.56. The van der Waals surface area contributed by atoms with Crippen molar-refractivity contribution < 1.29 is 23.8 Å². The predicted molar refractivity (Wildman–Crippen MR) is 85.5 cm³/mol. The SMILES string of the molecule is COCCN(CC(=O)NCc1ccc(OC)c(OC)c1)C(C)=O. The molecule has 0 unspecified atom stereocenters. The summed E-state index contributed by atoms with van der Waals surface area (Å²) in [5, 5.41) is 2.78. The highest BCUT2D eigenvalue weighted by molar-refractivity contribution is 5.83. The van der Waals surface area contributed by atoms with Crippen molar-refractivity contribution >= 4 is 11.8 Å². The molecule has 0 radical (unpaired) electrons. The molecule has 0 aliphatic heterocycles. The van der Waals surface area contributed by atoms with Gasteiger partial charge in [0.15, 0.2) is 11.5 Å². The topological polar surface area (TPSA) is 77.1 Å². The Morgan fingerprint density at radius 3 is 2.39 bits per heavy atom. The first kappa shape index (κ1) is 18.8. The summed E-state index contributed by atoms with van der Waals surface area (Å²) in [7, 11) is 4.67. The number of rotatable bonds is 9. The van der Waals surface area contributed by atoms with Crippen LogP contribution in [0.5, 0.6) is 11.5 Å². The van der Waals surface area contributed by atoms with Crippen LogP contribution in [0, 0.1) is 0 Å². The zero-order chi connectivity index (χ0) is 17.2. The molecule has 0 aliphatic carbocycles. The van der Waals surface area contributed by atoms with Gasteiger partial charge in [-0.25, -0.2) is 0 Å². The van der Waals surface area contributed by atoms with E-state index in [9.17, 15) is 9.59 Å². The fourth-order valence-electron chi connectivity index (χ4n) is 1.97. The molecule has 0 aliphatic rings. The maximum Gasteiger partial charge on any atom is 0.239 e. The number of hydrogen-bond acceptors (Lipinski definition) is 5. The molecule has 1 aromatic carbocycles. The van der Waals surface area contributed by atoms with E-state index < -0.39 is 0 Å². The van der Waals surface area contributed by atoms with Gasteiger partial charge in [-0.2, -0.15) is 0 Å². The summed E-state index contributed by atoms with van der Waals surface area (Å²) in [4.78, 5) is 24.9. The molecule has 7 heteroatoms. The molecule has 1 N–H and O–H groups in total. The van der Waals surface area contributed by atoms with Crippen LogP contribution in [0.4, 0.5) is 0 Å². The summed E-state index contributed by atoms with van der Waals surface area (Å²) in [5.41, 5.74) is 0.877. The minimum absolute atomic E-state index is 0.00594. The number of ether oxygens (including phenoxy) is 3. The van der Waals surface area contributed by atoms with E-state index in [1.807, 2.05) is 6.07 Å². The van der Waals surface area contributed by atoms with Gasteiger partial charge in [0.05, 0.1) is 27.4 Å². The summed E-state index contributed by atoms with van der Waals surface area (Å²) in [5.74, 6) is 0.837. The largest absolute Gasteiger partial charge is 0.493 e. The molecule has 7 nitrogen and oxygen atoms in total. The molecule has 0 fully saturated rings. The minimum Gasteiger partial charge on any atom is -0.493 e. The molecule has 2 amide bonds. The first-order valence-electron chi connectivity index (χ1n) is 7.23. The van der Waals surface area contributed by atoms with Gasteiger partial charge in [0.2, 0.25) is 11.8 Å². The molecule has 0 bridgehead atoms. The first-order chi connectivity index (χ1) is 11.0. The summed E-state index contributed by atoms with van der Waals surface area (Å²) in [6.45, 7) is 2.55. The van der Waals surface area contributed by atoms with E-state index >= 15 is 0 Å². The van der Waals surface area contributed by atoms with Gasteiger partial charge in [0.1, 0.15) is 0 Å². The molecule has 0 saturated carbocycles. The lowest BCUT2D eigenvalue weighted by Crippen LogP contribution is -2.41. The maximum atomic E-state index is 12.0. The summed E-state index contributed by atoms with van der Waals surface area (Å²) in [6.07, 6.45) is 0. The summed E-state index contributed by atoms with van der Waals surface area (Å²) < 4.78 is 15.3. The van der Waals surface area contributed by atoms with Crippen molar-refractivity contribution in [3.05, 3.63) is 23.8 Å². The van der Waals surface area contributed by atoms with Crippen molar-refractivity contribution in [2.75, 3.05) is 41.0 Å². The van der Waals surface area contributed by atoms with Crippen LogP contribution in [0.3, 0.4) is 0 Å². The Morgan fingerprint density at radius 1 is 1.13 bits per heavy atom. The van der Waals surface area contributed by atoms with Gasteiger partial charge in [-0.1, -0.05) is 6.07 Å². The molecular weight excluding hydrogens is 300 g/mol. The Labute approximate surface area is 136 Å². The minimum atomic E-state index is -0.230. The van der Waals surface area contributed by atoms with Gasteiger partial charge in [-0.3, -0.25) is 9.59 Å². The third kappa shape index (κ3) is 6.15. The van der Waals surface area contributed by atoms with Crippen LogP contribution in [0.2, 0.25) is 0 Å². The number of nitrogens with zero attached hydrogens (tertiary/aromatic N) is 1. The highest BCUT2D eigenvalue weighted by atomic mass is 16.5. The number of carbonyl (C=O) groups is 2. The number of nitrogens with one attached hydrogen (secondary N) is 1. The van der Waals surface area contributed by atoms with Crippen molar-refractivity contribution in [2.24, 2.45) is 0 Å². The van der Waals surface area contributed by atoms with E-state index in [2.05, 4.69) is 5.32 Å². The molecule has 1 aromatic rings. The van der Waals surface area contributed by atoms with Crippen LogP contribution in [-0.2, 0) is 20.9 Å². The van der Waals surface area contributed by atoms with Crippen molar-refractivity contribution in [1.82, 2.24) is 10.2 Å². The second-order valence-corrected chi connectivity index (χ2v) is 4.90. The second kappa shape index (κ2) is 9.68. The van der Waals surface area contributed by atoms with Gasteiger partial charge in [-0.05, 0) is 17.7 Å². The molecule has 0 heterocycles. The zero-order valence-corrected chi connectivity index (χ0v) is 14.0. The monoisotopic (exact) mass is 324 g/mol. The van der Waals surface area contributed by atoms with Crippen LogP contribution in [0.25, 0.3) is 0 Å². The Morgan fingerprint density at radius 2 is 1.83 bits per heavy atom. The zero-order valence-electron chi connectivity index (χ0n) is 14.0. The first-order valence-corrected chi connectivity index (χ1v) is 7.23. The second-order valence-electron chi connectivity index (χ2n) is 4.90. The van der Waals surface area contributed by atoms with Gasteiger partial charge < -0.3 is 24.4 Å². The number of benzene rings is 1. The third-order valence-electron chi connectivity index (χ3n) is 3.28. The fraction of sp³-hybridized carbons (Fsp3) is 0.500. The van der Waals surface area contributed by atoms with Gasteiger partial charge in [0, 0.05) is 27.1 Å². The van der Waals surface area contributed by atoms with E-state index in [-0.39, 0.29) is 18.4 Å². The number of amides is 2. The third-order valence-corrected chi connectivity index (χ3v) is 3.28. The molecule has 0 aromatic heterocycles. The number of hydrogen-bond donors (Lipinski definition) is 1. The number of methoxy groups -OCH3 is 3. The Bertz CT molecular complexity index is 533. The van der Waals surface area contributed by atoms with Crippen molar-refractivity contribution in [1.29, 1.82) is 0 Å². The fourth-order valence-corrected chi connectivity index (χ4v) is 1.97. The Kier molecular flexibility index (Phi) is 7.90. The lowest BCUT2D eigenvalue weighted by Gasteiger charge is -2.20. The molecule has 128 valence electrons. The summed E-state index contributed by atoms with van der Waals surface area (Å²) in [6, 6.07) is 5.42. The standard InChI is InChI=1S/C16H24N2O5/c1-12(19)18(7-8-21-2)11-16(20)17-10-13-5-6-14(22-3)15(9-13)23-4/h5-6,9H,7-8,10-11H2,1-4H3,(H,17,20). The van der Waals surface area contributed by atoms with Crippen LogP contribution in [-0.4, -0.2) is 57.7 Å². The quantitative estimate of drug-likeness (QED) is 0.727. The predicted octanol–water partition coefficient (Wildman–Crippen LogP) is 0.815. The van der Waals surface area contributed by atoms with Crippen molar-refractivity contribution in [2.45, 2.75) is 13.5 Å². The van der Waals surface area contributed by atoms with Crippen LogP contribution in [0.15, 0.2) is 18.2 Å². The average molecular weight is 324 g/mol. The van der Waals surface area contributed by atoms with E-state index in [0.29, 0.717) is 31.2 Å². The Balaban J connectivity index is 2.56. The molecule has 0 atom stereocenters. The van der Waals surface area contributed by atoms with Crippen LogP contribution < -0.4 is 14.8 Å². The van der Waals surface area contributed by atoms with Crippen molar-refractivity contribution in [3.8, 4) is 11.5 Å². The lowest BCUT2D eigenvalue weighted by molar-refractivity contribution is -0.135. The Hall–Kier alpha value is -2.28. The molecule has 23 heavy (non-hydrogen) atoms. The van der Waals surface area contributed by atoms with E-state index in [1.54, 1.807) is 33.5 Å². The summed E-state index contributed by atoms with van der Waals surface area (Å²) >= 11 is 0. The van der Waals surface area contributed by atoms with Crippen molar-refractivity contribution in [3.63, 3.8) is 0 Å². The van der Waals surface area contributed by atoms with E-state index in [1.165, 1.54) is 11.8 Å². The maximum absolute atomic E-state index is 12.0. The van der Waals surface area contributed by atoms with Gasteiger partial charge in [-0.15, -0.1) is 0 Å². The highest BCUT2D eigenvalue weighted by Crippen LogP contribution is 2.27. The van der Waals surface area contributed by atoms with Crippen LogP contribution in [0.1, 0.15) is 12.5 Å². The van der Waals surface area contributed by atoms with Crippen LogP contribution >= 0.6 is 0 Å². The number of carbonyl (C=O) groups excluding carboxylic acids is 2. The lowest BCUT2D eigenvalue weighted by atomic mass is 10.2. The van der Waals surface area contributed by atoms with E-state index in [4.69, 9.17) is 14.2 Å². The molecule has 0 spiro atoms. The normalized spacial score (nSPS) is 10.1. The molecule has 0 saturated heterocycles. The van der Waals surface area contributed by atoms with Gasteiger partial charge >= 0.3 is 0 Å². The van der Waals surface area contributed by atoms with E-state index in [0.717, 1.165) is 5.56 Å².